The zero-order valence-electron chi connectivity index (χ0n) is 10.1. The topological polar surface area (TPSA) is 67.6 Å². The van der Waals surface area contributed by atoms with Crippen molar-refractivity contribution in [3.05, 3.63) is 12.1 Å². The number of nitrogens with one attached hydrogen (secondary N) is 1. The van der Waals surface area contributed by atoms with Crippen LogP contribution >= 0.6 is 0 Å². The summed E-state index contributed by atoms with van der Waals surface area (Å²) in [5, 5.41) is 2.78. The summed E-state index contributed by atoms with van der Waals surface area (Å²) >= 11 is 0. The molecule has 0 saturated heterocycles. The molecule has 0 bridgehead atoms. The third kappa shape index (κ3) is 2.27. The zero-order valence-corrected chi connectivity index (χ0v) is 10.1. The van der Waals surface area contributed by atoms with Crippen molar-refractivity contribution in [2.24, 2.45) is 0 Å². The maximum absolute atomic E-state index is 11.2. The van der Waals surface area contributed by atoms with E-state index < -0.39 is 0 Å². The first kappa shape index (κ1) is 11.6. The van der Waals surface area contributed by atoms with Gasteiger partial charge in [-0.2, -0.15) is 0 Å². The van der Waals surface area contributed by atoms with Crippen LogP contribution in [0.4, 0.5) is 17.1 Å². The van der Waals surface area contributed by atoms with Gasteiger partial charge in [0.05, 0.1) is 17.1 Å². The summed E-state index contributed by atoms with van der Waals surface area (Å²) < 4.78 is 5.30. The zero-order chi connectivity index (χ0) is 12.4. The van der Waals surface area contributed by atoms with Gasteiger partial charge in [0.2, 0.25) is 0 Å². The van der Waals surface area contributed by atoms with Crippen LogP contribution in [0.3, 0.4) is 0 Å². The SMILES string of the molecule is CCCN(C)c1cc2c(cc1N)OCC(=O)N2. The van der Waals surface area contributed by atoms with E-state index >= 15 is 0 Å². The highest BCUT2D eigenvalue weighted by Gasteiger charge is 2.18. The summed E-state index contributed by atoms with van der Waals surface area (Å²) in [6.07, 6.45) is 1.04. The molecule has 0 unspecified atom stereocenters. The average Bonchev–Trinajstić information content (AvgIpc) is 2.29. The molecule has 0 radical (unpaired) electrons. The molecule has 0 fully saturated rings. The molecule has 1 aromatic rings. The monoisotopic (exact) mass is 235 g/mol. The van der Waals surface area contributed by atoms with Crippen LogP contribution in [-0.4, -0.2) is 26.1 Å². The maximum atomic E-state index is 11.2. The Morgan fingerprint density at radius 3 is 3.00 bits per heavy atom. The summed E-state index contributed by atoms with van der Waals surface area (Å²) in [6, 6.07) is 3.62. The Kier molecular flexibility index (Phi) is 3.08. The van der Waals surface area contributed by atoms with Gasteiger partial charge in [-0.25, -0.2) is 0 Å². The van der Waals surface area contributed by atoms with E-state index in [9.17, 15) is 4.79 Å². The molecule has 0 aromatic heterocycles. The van der Waals surface area contributed by atoms with E-state index in [-0.39, 0.29) is 12.5 Å². The van der Waals surface area contributed by atoms with E-state index in [1.165, 1.54) is 0 Å². The molecular formula is C12H17N3O2. The third-order valence-corrected chi connectivity index (χ3v) is 2.73. The summed E-state index contributed by atoms with van der Waals surface area (Å²) in [7, 11) is 1.98. The molecule has 5 heteroatoms. The van der Waals surface area contributed by atoms with Crippen LogP contribution in [0.2, 0.25) is 0 Å². The van der Waals surface area contributed by atoms with Crippen LogP contribution in [0.15, 0.2) is 12.1 Å². The number of anilines is 3. The van der Waals surface area contributed by atoms with E-state index in [4.69, 9.17) is 10.5 Å². The second-order valence-corrected chi connectivity index (χ2v) is 4.17. The lowest BCUT2D eigenvalue weighted by atomic mass is 10.2. The number of benzene rings is 1. The number of nitrogen functional groups attached to an aromatic ring is 1. The number of nitrogens with zero attached hydrogens (tertiary/aromatic N) is 1. The lowest BCUT2D eigenvalue weighted by molar-refractivity contribution is -0.118. The van der Waals surface area contributed by atoms with E-state index in [2.05, 4.69) is 17.1 Å². The van der Waals surface area contributed by atoms with Gasteiger partial charge in [0.25, 0.3) is 5.91 Å². The Bertz CT molecular complexity index is 446. The Labute approximate surface area is 101 Å². The van der Waals surface area contributed by atoms with Crippen molar-refractivity contribution >= 4 is 23.0 Å². The molecule has 0 spiro atoms. The number of carbonyl (C=O) groups excluding carboxylic acids is 1. The van der Waals surface area contributed by atoms with Gasteiger partial charge in [0.15, 0.2) is 6.61 Å². The number of hydrogen-bond acceptors (Lipinski definition) is 4. The highest BCUT2D eigenvalue weighted by atomic mass is 16.5. The van der Waals surface area contributed by atoms with Crippen LogP contribution in [0.1, 0.15) is 13.3 Å². The fourth-order valence-corrected chi connectivity index (χ4v) is 1.92. The summed E-state index contributed by atoms with van der Waals surface area (Å²) in [4.78, 5) is 13.3. The van der Waals surface area contributed by atoms with Crippen molar-refractivity contribution in [1.82, 2.24) is 0 Å². The van der Waals surface area contributed by atoms with Gasteiger partial charge in [0, 0.05) is 19.7 Å². The molecule has 1 amide bonds. The first-order valence-electron chi connectivity index (χ1n) is 5.69. The van der Waals surface area contributed by atoms with Gasteiger partial charge in [0.1, 0.15) is 5.75 Å². The number of amides is 1. The molecule has 1 aliphatic rings. The van der Waals surface area contributed by atoms with Crippen molar-refractivity contribution in [3.63, 3.8) is 0 Å². The van der Waals surface area contributed by atoms with Crippen molar-refractivity contribution in [2.75, 3.05) is 36.1 Å². The Hall–Kier alpha value is -1.91. The Morgan fingerprint density at radius 1 is 1.53 bits per heavy atom. The average molecular weight is 235 g/mol. The first-order valence-corrected chi connectivity index (χ1v) is 5.69. The highest BCUT2D eigenvalue weighted by Crippen LogP contribution is 2.36. The van der Waals surface area contributed by atoms with Crippen LogP contribution in [0.25, 0.3) is 0 Å². The van der Waals surface area contributed by atoms with Crippen LogP contribution in [-0.2, 0) is 4.79 Å². The van der Waals surface area contributed by atoms with Crippen molar-refractivity contribution in [2.45, 2.75) is 13.3 Å². The van der Waals surface area contributed by atoms with Gasteiger partial charge >= 0.3 is 0 Å². The minimum atomic E-state index is -0.133. The number of fused-ring (bicyclic) bond motifs is 1. The Morgan fingerprint density at radius 2 is 2.29 bits per heavy atom. The van der Waals surface area contributed by atoms with Crippen LogP contribution in [0.5, 0.6) is 5.75 Å². The van der Waals surface area contributed by atoms with Crippen molar-refractivity contribution in [3.8, 4) is 5.75 Å². The predicted molar refractivity (Wildman–Crippen MR) is 68.5 cm³/mol. The molecule has 3 N–H and O–H groups in total. The fourth-order valence-electron chi connectivity index (χ4n) is 1.92. The van der Waals surface area contributed by atoms with Gasteiger partial charge < -0.3 is 20.7 Å². The number of rotatable bonds is 3. The third-order valence-electron chi connectivity index (χ3n) is 2.73. The molecule has 92 valence electrons. The van der Waals surface area contributed by atoms with Crippen molar-refractivity contribution in [1.29, 1.82) is 0 Å². The molecule has 1 aromatic carbocycles. The quantitative estimate of drug-likeness (QED) is 0.778. The number of ether oxygens (including phenoxy) is 1. The molecule has 0 aliphatic carbocycles. The van der Waals surface area contributed by atoms with Crippen LogP contribution < -0.4 is 20.7 Å². The first-order chi connectivity index (χ1) is 8.11. The predicted octanol–water partition coefficient (Wildman–Crippen LogP) is 1.45. The fraction of sp³-hybridized carbons (Fsp3) is 0.417. The van der Waals surface area contributed by atoms with Crippen LogP contribution in [0, 0.1) is 0 Å². The van der Waals surface area contributed by atoms with E-state index in [0.717, 1.165) is 18.7 Å². The van der Waals surface area contributed by atoms with E-state index in [1.54, 1.807) is 6.07 Å². The van der Waals surface area contributed by atoms with Gasteiger partial charge in [-0.15, -0.1) is 0 Å². The minimum absolute atomic E-state index is 0.0522. The summed E-state index contributed by atoms with van der Waals surface area (Å²) in [6.45, 7) is 3.07. The summed E-state index contributed by atoms with van der Waals surface area (Å²) in [5.41, 5.74) is 8.24. The molecule has 17 heavy (non-hydrogen) atoms. The normalized spacial score (nSPS) is 13.6. The molecule has 0 saturated carbocycles. The standard InChI is InChI=1S/C12H17N3O2/c1-3-4-15(2)10-6-9-11(5-8(10)13)17-7-12(16)14-9/h5-6H,3-4,7,13H2,1-2H3,(H,14,16). The Balaban J connectivity index is 2.35. The largest absolute Gasteiger partial charge is 0.482 e. The molecule has 2 rings (SSSR count). The van der Waals surface area contributed by atoms with Crippen molar-refractivity contribution < 1.29 is 9.53 Å². The minimum Gasteiger partial charge on any atom is -0.482 e. The molecular weight excluding hydrogens is 218 g/mol. The van der Waals surface area contributed by atoms with Gasteiger partial charge in [-0.3, -0.25) is 4.79 Å². The molecule has 1 aliphatic heterocycles. The van der Waals surface area contributed by atoms with Gasteiger partial charge in [-0.05, 0) is 12.5 Å². The van der Waals surface area contributed by atoms with Gasteiger partial charge in [-0.1, -0.05) is 6.92 Å². The van der Waals surface area contributed by atoms with E-state index in [0.29, 0.717) is 17.1 Å². The molecule has 1 heterocycles. The maximum Gasteiger partial charge on any atom is 0.262 e. The second kappa shape index (κ2) is 4.53. The lowest BCUT2D eigenvalue weighted by Crippen LogP contribution is -2.26. The van der Waals surface area contributed by atoms with E-state index in [1.807, 2.05) is 13.1 Å². The highest BCUT2D eigenvalue weighted by molar-refractivity contribution is 5.97. The number of hydrogen-bond donors (Lipinski definition) is 2. The lowest BCUT2D eigenvalue weighted by Gasteiger charge is -2.24. The second-order valence-electron chi connectivity index (χ2n) is 4.17. The summed E-state index contributed by atoms with van der Waals surface area (Å²) in [5.74, 6) is 0.502. The molecule has 0 atom stereocenters. The number of carbonyl (C=O) groups is 1. The molecule has 5 nitrogen and oxygen atoms in total. The number of nitrogens with two attached hydrogens (primary N) is 1. The smallest absolute Gasteiger partial charge is 0.262 e.